The zero-order chi connectivity index (χ0) is 26.9. The standard InChI is InChI=1S/C24H36BrF2N3O4SSi/c1-22(2,3)30(21(31)34-15-33-9-10-36(4,5)6)20-29-24(13-26,17-11-16(25)7-8-18(17)27)19-12-23(19,35-20)14-28-32/h7-8,11,19,28,32H,9-10,12-15H2,1-6H3/t19-,23-,24-/m1/s1. The molecule has 1 amide bonds. The van der Waals surface area contributed by atoms with E-state index >= 15 is 8.78 Å². The molecule has 2 N–H and O–H groups in total. The van der Waals surface area contributed by atoms with Gasteiger partial charge in [-0.25, -0.2) is 24.0 Å². The summed E-state index contributed by atoms with van der Waals surface area (Å²) in [6.45, 7) is 11.6. The molecule has 3 atom stereocenters. The maximum Gasteiger partial charge on any atom is 0.418 e. The van der Waals surface area contributed by atoms with E-state index in [1.807, 2.05) is 20.8 Å². The first kappa shape index (κ1) is 29.5. The van der Waals surface area contributed by atoms with Crippen molar-refractivity contribution in [2.45, 2.75) is 68.7 Å². The van der Waals surface area contributed by atoms with Gasteiger partial charge < -0.3 is 14.7 Å². The fourth-order valence-corrected chi connectivity index (χ4v) is 7.28. The van der Waals surface area contributed by atoms with Gasteiger partial charge in [-0.1, -0.05) is 47.3 Å². The van der Waals surface area contributed by atoms with Crippen LogP contribution in [0.15, 0.2) is 27.7 Å². The Kier molecular flexibility index (Phi) is 8.99. The molecule has 0 unspecified atom stereocenters. The molecule has 2 aliphatic rings. The molecule has 1 aliphatic carbocycles. The van der Waals surface area contributed by atoms with Gasteiger partial charge in [-0.15, -0.1) is 0 Å². The average molecular weight is 609 g/mol. The normalized spacial score (nSPS) is 25.7. The quantitative estimate of drug-likeness (QED) is 0.152. The molecular formula is C24H36BrF2N3O4SSi. The zero-order valence-electron chi connectivity index (χ0n) is 21.7. The van der Waals surface area contributed by atoms with Gasteiger partial charge in [-0.3, -0.25) is 4.90 Å². The molecule has 7 nitrogen and oxygen atoms in total. The number of fused-ring (bicyclic) bond motifs is 1. The minimum absolute atomic E-state index is 0.110. The van der Waals surface area contributed by atoms with E-state index < -0.39 is 42.5 Å². The Bertz CT molecular complexity index is 1010. The van der Waals surface area contributed by atoms with Gasteiger partial charge in [0.15, 0.2) is 12.0 Å². The van der Waals surface area contributed by atoms with Gasteiger partial charge >= 0.3 is 6.09 Å². The van der Waals surface area contributed by atoms with E-state index in [4.69, 9.17) is 14.5 Å². The number of hydroxylamine groups is 1. The molecule has 1 saturated carbocycles. The van der Waals surface area contributed by atoms with Crippen molar-refractivity contribution < 1.29 is 28.3 Å². The van der Waals surface area contributed by atoms with E-state index in [0.717, 1.165) is 6.04 Å². The van der Waals surface area contributed by atoms with Crippen LogP contribution >= 0.6 is 27.7 Å². The zero-order valence-corrected chi connectivity index (χ0v) is 25.1. The smallest absolute Gasteiger partial charge is 0.418 e. The van der Waals surface area contributed by atoms with Crippen LogP contribution in [0.2, 0.25) is 25.7 Å². The molecule has 0 aromatic heterocycles. The summed E-state index contributed by atoms with van der Waals surface area (Å²) in [5.41, 5.74) is -0.0316. The molecule has 36 heavy (non-hydrogen) atoms. The SMILES string of the molecule is CC(C)(C)N(C(=O)OCOCC[Si](C)(C)C)C1=N[C@](CF)(c2cc(Br)ccc2F)[C@@H]2C[C@]2(CNO)S1. The highest BCUT2D eigenvalue weighted by atomic mass is 79.9. The lowest BCUT2D eigenvalue weighted by Crippen LogP contribution is -2.53. The van der Waals surface area contributed by atoms with Crippen LogP contribution in [-0.2, 0) is 15.0 Å². The molecule has 1 aromatic carbocycles. The van der Waals surface area contributed by atoms with E-state index in [2.05, 4.69) is 41.1 Å². The number of carbonyl (C=O) groups is 1. The Morgan fingerprint density at radius 1 is 1.39 bits per heavy atom. The summed E-state index contributed by atoms with van der Waals surface area (Å²) in [5.74, 6) is -0.959. The number of nitrogens with zero attached hydrogens (tertiary/aromatic N) is 2. The van der Waals surface area contributed by atoms with E-state index in [9.17, 15) is 10.0 Å². The summed E-state index contributed by atoms with van der Waals surface area (Å²) in [6.07, 6.45) is -0.198. The van der Waals surface area contributed by atoms with Crippen LogP contribution < -0.4 is 5.48 Å². The summed E-state index contributed by atoms with van der Waals surface area (Å²) >= 11 is 4.64. The number of hydrogen-bond donors (Lipinski definition) is 2. The molecule has 0 saturated heterocycles. The minimum Gasteiger partial charge on any atom is -0.422 e. The van der Waals surface area contributed by atoms with Crippen molar-refractivity contribution in [1.29, 1.82) is 0 Å². The lowest BCUT2D eigenvalue weighted by molar-refractivity contribution is -0.0226. The van der Waals surface area contributed by atoms with Crippen molar-refractivity contribution in [3.63, 3.8) is 0 Å². The maximum atomic E-state index is 15.1. The molecular weight excluding hydrogens is 572 g/mol. The largest absolute Gasteiger partial charge is 0.422 e. The molecule has 0 bridgehead atoms. The van der Waals surface area contributed by atoms with Crippen molar-refractivity contribution in [2.24, 2.45) is 10.9 Å². The van der Waals surface area contributed by atoms with Gasteiger partial charge in [0.1, 0.15) is 18.0 Å². The van der Waals surface area contributed by atoms with Gasteiger partial charge in [0.2, 0.25) is 0 Å². The highest BCUT2D eigenvalue weighted by Crippen LogP contribution is 2.66. The number of hydrogen-bond acceptors (Lipinski definition) is 7. The van der Waals surface area contributed by atoms with Crippen LogP contribution in [0.1, 0.15) is 32.8 Å². The Morgan fingerprint density at radius 3 is 2.67 bits per heavy atom. The van der Waals surface area contributed by atoms with Crippen LogP contribution in [0.25, 0.3) is 0 Å². The van der Waals surface area contributed by atoms with Gasteiger partial charge in [0.25, 0.3) is 0 Å². The third-order valence-electron chi connectivity index (χ3n) is 6.47. The fourth-order valence-electron chi connectivity index (χ4n) is 4.42. The van der Waals surface area contributed by atoms with E-state index in [1.165, 1.54) is 28.8 Å². The lowest BCUT2D eigenvalue weighted by atomic mass is 9.85. The molecule has 1 heterocycles. The van der Waals surface area contributed by atoms with Crippen molar-refractivity contribution in [3.05, 3.63) is 34.1 Å². The van der Waals surface area contributed by atoms with Gasteiger partial charge in [0, 0.05) is 47.5 Å². The number of amidine groups is 1. The Hall–Kier alpha value is -1.05. The summed E-state index contributed by atoms with van der Waals surface area (Å²) < 4.78 is 41.0. The Morgan fingerprint density at radius 2 is 2.08 bits per heavy atom. The van der Waals surface area contributed by atoms with E-state index in [1.54, 1.807) is 6.07 Å². The number of thioether (sulfide) groups is 1. The van der Waals surface area contributed by atoms with Crippen molar-refractivity contribution >= 4 is 47.0 Å². The second-order valence-electron chi connectivity index (χ2n) is 11.6. The Labute approximate surface area is 225 Å². The first-order chi connectivity index (χ1) is 16.7. The molecule has 1 fully saturated rings. The Balaban J connectivity index is 1.96. The summed E-state index contributed by atoms with van der Waals surface area (Å²) in [7, 11) is -1.29. The number of halogens is 3. The molecule has 0 spiro atoms. The molecule has 202 valence electrons. The predicted molar refractivity (Wildman–Crippen MR) is 144 cm³/mol. The molecule has 1 aromatic rings. The number of benzene rings is 1. The van der Waals surface area contributed by atoms with E-state index in [-0.39, 0.29) is 30.0 Å². The second-order valence-corrected chi connectivity index (χ2v) is 19.5. The fraction of sp³-hybridized carbons (Fsp3) is 0.667. The number of ether oxygens (including phenoxy) is 2. The maximum absolute atomic E-state index is 15.1. The third kappa shape index (κ3) is 6.32. The number of aliphatic imine (C=N–C) groups is 1. The van der Waals surface area contributed by atoms with Crippen LogP contribution in [-0.4, -0.2) is 66.3 Å². The topological polar surface area (TPSA) is 83.4 Å². The molecule has 3 rings (SSSR count). The minimum atomic E-state index is -1.55. The summed E-state index contributed by atoms with van der Waals surface area (Å²) in [5, 5.41) is 9.76. The number of carbonyl (C=O) groups excluding carboxylic acids is 1. The number of amides is 1. The van der Waals surface area contributed by atoms with Crippen molar-refractivity contribution in [3.8, 4) is 0 Å². The lowest BCUT2D eigenvalue weighted by Gasteiger charge is -2.42. The van der Waals surface area contributed by atoms with Crippen molar-refractivity contribution in [2.75, 3.05) is 26.6 Å². The average Bonchev–Trinajstić information content (AvgIpc) is 3.47. The van der Waals surface area contributed by atoms with E-state index in [0.29, 0.717) is 17.5 Å². The highest BCUT2D eigenvalue weighted by molar-refractivity contribution is 9.10. The van der Waals surface area contributed by atoms with Crippen LogP contribution in [0, 0.1) is 11.7 Å². The van der Waals surface area contributed by atoms with Gasteiger partial charge in [0.05, 0.1) is 0 Å². The van der Waals surface area contributed by atoms with Gasteiger partial charge in [-0.2, -0.15) is 0 Å². The van der Waals surface area contributed by atoms with Crippen molar-refractivity contribution in [1.82, 2.24) is 10.4 Å². The first-order valence-corrected chi connectivity index (χ1v) is 17.2. The van der Waals surface area contributed by atoms with Crippen LogP contribution in [0.3, 0.4) is 0 Å². The monoisotopic (exact) mass is 607 g/mol. The van der Waals surface area contributed by atoms with Crippen LogP contribution in [0.5, 0.6) is 0 Å². The van der Waals surface area contributed by atoms with Gasteiger partial charge in [-0.05, 0) is 51.4 Å². The summed E-state index contributed by atoms with van der Waals surface area (Å²) in [6, 6.07) is 5.29. The third-order valence-corrected chi connectivity index (χ3v) is 10.1. The number of rotatable bonds is 9. The highest BCUT2D eigenvalue weighted by Gasteiger charge is 2.69. The number of alkyl halides is 1. The first-order valence-electron chi connectivity index (χ1n) is 11.9. The van der Waals surface area contributed by atoms with Crippen LogP contribution in [0.4, 0.5) is 13.6 Å². The summed E-state index contributed by atoms with van der Waals surface area (Å²) in [4.78, 5) is 19.4. The predicted octanol–water partition coefficient (Wildman–Crippen LogP) is 6.14. The molecule has 0 radical (unpaired) electrons. The second kappa shape index (κ2) is 11.0. The molecule has 12 heteroatoms. The number of nitrogens with one attached hydrogen (secondary N) is 1. The molecule has 1 aliphatic heterocycles.